The van der Waals surface area contributed by atoms with Crippen molar-refractivity contribution in [2.24, 2.45) is 0 Å². The van der Waals surface area contributed by atoms with Crippen LogP contribution in [0.5, 0.6) is 0 Å². The van der Waals surface area contributed by atoms with E-state index in [0.29, 0.717) is 18.8 Å². The van der Waals surface area contributed by atoms with Crippen LogP contribution in [0.25, 0.3) is 0 Å². The number of aryl methyl sites for hydroxylation is 1. The van der Waals surface area contributed by atoms with E-state index < -0.39 is 6.04 Å². The van der Waals surface area contributed by atoms with Gasteiger partial charge in [0, 0.05) is 18.5 Å². The van der Waals surface area contributed by atoms with Crippen LogP contribution in [0.1, 0.15) is 37.9 Å². The van der Waals surface area contributed by atoms with Crippen molar-refractivity contribution in [3.05, 3.63) is 11.3 Å². The monoisotopic (exact) mass is 265 g/mol. The molecule has 0 radical (unpaired) electrons. The molecule has 1 unspecified atom stereocenters. The van der Waals surface area contributed by atoms with Gasteiger partial charge in [-0.1, -0.05) is 12.1 Å². The average molecular weight is 265 g/mol. The van der Waals surface area contributed by atoms with Crippen molar-refractivity contribution in [2.75, 3.05) is 11.9 Å². The first-order valence-electron chi connectivity index (χ1n) is 6.60. The van der Waals surface area contributed by atoms with Gasteiger partial charge in [-0.05, 0) is 26.7 Å². The fourth-order valence-corrected chi connectivity index (χ4v) is 2.34. The number of aromatic nitrogens is 1. The second-order valence-electron chi connectivity index (χ2n) is 4.79. The highest BCUT2D eigenvalue weighted by atomic mass is 16.5. The first-order valence-corrected chi connectivity index (χ1v) is 6.60. The first kappa shape index (κ1) is 13.6. The molecule has 1 aliphatic heterocycles. The third-order valence-electron chi connectivity index (χ3n) is 3.53. The fourth-order valence-electron chi connectivity index (χ4n) is 2.34. The smallest absolute Gasteiger partial charge is 0.249 e. The highest BCUT2D eigenvalue weighted by Gasteiger charge is 2.30. The molecule has 19 heavy (non-hydrogen) atoms. The Bertz CT molecular complexity index is 495. The highest BCUT2D eigenvalue weighted by molar-refractivity contribution is 5.96. The summed E-state index contributed by atoms with van der Waals surface area (Å²) in [7, 11) is 0. The molecule has 0 aliphatic carbocycles. The molecule has 6 nitrogen and oxygen atoms in total. The third-order valence-corrected chi connectivity index (χ3v) is 3.53. The number of carbonyl (C=O) groups excluding carboxylic acids is 2. The Labute approximate surface area is 112 Å². The van der Waals surface area contributed by atoms with Crippen LogP contribution >= 0.6 is 0 Å². The van der Waals surface area contributed by atoms with Crippen molar-refractivity contribution >= 4 is 17.7 Å². The number of amides is 2. The molecule has 1 aromatic heterocycles. The Morgan fingerprint density at radius 2 is 2.32 bits per heavy atom. The zero-order chi connectivity index (χ0) is 14.0. The number of nitrogens with one attached hydrogen (secondary N) is 1. The van der Waals surface area contributed by atoms with E-state index >= 15 is 0 Å². The summed E-state index contributed by atoms with van der Waals surface area (Å²) in [5.74, 6) is 0.191. The van der Waals surface area contributed by atoms with Gasteiger partial charge in [0.2, 0.25) is 17.7 Å². The molecule has 2 rings (SSSR count). The van der Waals surface area contributed by atoms with Gasteiger partial charge in [0.1, 0.15) is 6.04 Å². The number of carbonyl (C=O) groups is 2. The number of rotatable bonds is 4. The van der Waals surface area contributed by atoms with Crippen molar-refractivity contribution in [1.82, 2.24) is 10.1 Å². The lowest BCUT2D eigenvalue weighted by atomic mass is 10.2. The van der Waals surface area contributed by atoms with Gasteiger partial charge in [-0.15, -0.1) is 0 Å². The van der Waals surface area contributed by atoms with Crippen molar-refractivity contribution in [3.8, 4) is 0 Å². The zero-order valence-corrected chi connectivity index (χ0v) is 11.5. The molecule has 1 fully saturated rings. The Balaban J connectivity index is 2.06. The molecular formula is C13H19N3O3. The van der Waals surface area contributed by atoms with Crippen LogP contribution in [-0.2, 0) is 16.0 Å². The van der Waals surface area contributed by atoms with Crippen LogP contribution in [0, 0.1) is 6.92 Å². The van der Waals surface area contributed by atoms with Gasteiger partial charge in [-0.3, -0.25) is 14.9 Å². The molecule has 0 saturated carbocycles. The minimum atomic E-state index is -0.481. The van der Waals surface area contributed by atoms with E-state index in [1.165, 1.54) is 0 Å². The van der Waals surface area contributed by atoms with E-state index in [2.05, 4.69) is 10.5 Å². The fraction of sp³-hybridized carbons (Fsp3) is 0.615. The minimum absolute atomic E-state index is 0.0344. The van der Waals surface area contributed by atoms with Crippen molar-refractivity contribution < 1.29 is 14.1 Å². The zero-order valence-electron chi connectivity index (χ0n) is 11.5. The summed E-state index contributed by atoms with van der Waals surface area (Å²) >= 11 is 0. The summed E-state index contributed by atoms with van der Waals surface area (Å²) in [6, 6.07) is -0.481. The summed E-state index contributed by atoms with van der Waals surface area (Å²) in [5.41, 5.74) is 1.68. The molecule has 1 atom stereocenters. The highest BCUT2D eigenvalue weighted by Crippen LogP contribution is 2.21. The summed E-state index contributed by atoms with van der Waals surface area (Å²) in [5, 5.41) is 6.56. The van der Waals surface area contributed by atoms with Crippen LogP contribution in [0.2, 0.25) is 0 Å². The minimum Gasteiger partial charge on any atom is -0.338 e. The maximum absolute atomic E-state index is 12.1. The Hall–Kier alpha value is -1.85. The number of likely N-dealkylation sites (tertiary alicyclic amines) is 1. The second kappa shape index (κ2) is 5.42. The van der Waals surface area contributed by atoms with Crippen LogP contribution < -0.4 is 5.32 Å². The van der Waals surface area contributed by atoms with E-state index in [4.69, 9.17) is 4.52 Å². The summed E-state index contributed by atoms with van der Waals surface area (Å²) in [4.78, 5) is 25.3. The lowest BCUT2D eigenvalue weighted by Crippen LogP contribution is -2.42. The first-order chi connectivity index (χ1) is 9.04. The quantitative estimate of drug-likeness (QED) is 0.895. The van der Waals surface area contributed by atoms with Crippen molar-refractivity contribution in [3.63, 3.8) is 0 Å². The number of nitrogens with zero attached hydrogens (tertiary/aromatic N) is 2. The van der Waals surface area contributed by atoms with Gasteiger partial charge >= 0.3 is 0 Å². The molecule has 6 heteroatoms. The van der Waals surface area contributed by atoms with Gasteiger partial charge in [0.15, 0.2) is 0 Å². The molecule has 2 amide bonds. The standard InChI is InChI=1S/C13H19N3O3/c1-4-10-8(2)15-19-13(10)14-12(18)9(3)16-7-5-6-11(16)17/h9H,4-7H2,1-3H3,(H,14,18). The predicted octanol–water partition coefficient (Wildman–Crippen LogP) is 1.49. The number of hydrogen-bond acceptors (Lipinski definition) is 4. The summed E-state index contributed by atoms with van der Waals surface area (Å²) in [6.07, 6.45) is 2.08. The SMILES string of the molecule is CCc1c(C)noc1NC(=O)C(C)N1CCCC1=O. The maximum atomic E-state index is 12.1. The van der Waals surface area contributed by atoms with E-state index in [-0.39, 0.29) is 11.8 Å². The van der Waals surface area contributed by atoms with Gasteiger partial charge in [-0.25, -0.2) is 0 Å². The van der Waals surface area contributed by atoms with Gasteiger partial charge in [0.05, 0.1) is 5.69 Å². The lowest BCUT2D eigenvalue weighted by molar-refractivity contribution is -0.134. The molecule has 1 N–H and O–H groups in total. The van der Waals surface area contributed by atoms with Gasteiger partial charge in [0.25, 0.3) is 0 Å². The summed E-state index contributed by atoms with van der Waals surface area (Å²) in [6.45, 7) is 6.19. The van der Waals surface area contributed by atoms with Gasteiger partial charge < -0.3 is 9.42 Å². The van der Waals surface area contributed by atoms with E-state index in [0.717, 1.165) is 24.1 Å². The third kappa shape index (κ3) is 2.62. The lowest BCUT2D eigenvalue weighted by Gasteiger charge is -2.22. The maximum Gasteiger partial charge on any atom is 0.249 e. The molecule has 0 spiro atoms. The topological polar surface area (TPSA) is 75.4 Å². The van der Waals surface area contributed by atoms with Crippen LogP contribution in [0.15, 0.2) is 4.52 Å². The van der Waals surface area contributed by atoms with Crippen LogP contribution in [0.4, 0.5) is 5.88 Å². The number of hydrogen-bond donors (Lipinski definition) is 1. The Morgan fingerprint density at radius 1 is 1.58 bits per heavy atom. The molecule has 1 aromatic rings. The molecule has 0 aromatic carbocycles. The van der Waals surface area contributed by atoms with E-state index in [1.807, 2.05) is 13.8 Å². The normalized spacial score (nSPS) is 16.8. The molecule has 1 saturated heterocycles. The summed E-state index contributed by atoms with van der Waals surface area (Å²) < 4.78 is 5.11. The molecule has 2 heterocycles. The Kier molecular flexibility index (Phi) is 3.87. The van der Waals surface area contributed by atoms with E-state index in [1.54, 1.807) is 11.8 Å². The van der Waals surface area contributed by atoms with Crippen LogP contribution in [0.3, 0.4) is 0 Å². The molecule has 0 bridgehead atoms. The van der Waals surface area contributed by atoms with Crippen molar-refractivity contribution in [1.29, 1.82) is 0 Å². The van der Waals surface area contributed by atoms with Crippen molar-refractivity contribution in [2.45, 2.75) is 46.1 Å². The Morgan fingerprint density at radius 3 is 2.89 bits per heavy atom. The number of anilines is 1. The molecule has 104 valence electrons. The average Bonchev–Trinajstić information content (AvgIpc) is 2.95. The van der Waals surface area contributed by atoms with Crippen LogP contribution in [-0.4, -0.2) is 34.5 Å². The van der Waals surface area contributed by atoms with E-state index in [9.17, 15) is 9.59 Å². The predicted molar refractivity (Wildman–Crippen MR) is 69.7 cm³/mol. The second-order valence-corrected chi connectivity index (χ2v) is 4.79. The van der Waals surface area contributed by atoms with Gasteiger partial charge in [-0.2, -0.15) is 0 Å². The molecule has 1 aliphatic rings. The molecular weight excluding hydrogens is 246 g/mol. The largest absolute Gasteiger partial charge is 0.338 e.